The third-order valence-electron chi connectivity index (χ3n) is 9.69. The van der Waals surface area contributed by atoms with Crippen LogP contribution in [0.15, 0.2) is 181 Å². The Kier molecular flexibility index (Phi) is 7.36. The van der Waals surface area contributed by atoms with E-state index < -0.39 is 0 Å². The van der Waals surface area contributed by atoms with Gasteiger partial charge in [0.25, 0.3) is 0 Å². The first-order valence-corrected chi connectivity index (χ1v) is 17.5. The molecule has 6 nitrogen and oxygen atoms in total. The molecule has 248 valence electrons. The first-order chi connectivity index (χ1) is 26.3. The molecule has 0 aliphatic rings. The summed E-state index contributed by atoms with van der Waals surface area (Å²) in [4.78, 5) is 24.0. The lowest BCUT2D eigenvalue weighted by molar-refractivity contribution is 0.635. The minimum absolute atomic E-state index is 0.708. The Morgan fingerprint density at radius 3 is 1.83 bits per heavy atom. The summed E-state index contributed by atoms with van der Waals surface area (Å²) in [5.41, 5.74) is 12.3. The fraction of sp³-hybridized carbons (Fsp3) is 0. The Balaban J connectivity index is 1.15. The molecule has 0 aliphatic heterocycles. The predicted octanol–water partition coefficient (Wildman–Crippen LogP) is 11.7. The average Bonchev–Trinajstić information content (AvgIpc) is 3.65. The molecule has 0 bridgehead atoms. The maximum absolute atomic E-state index is 6.96. The number of hydrogen-bond acceptors (Lipinski definition) is 6. The number of para-hydroxylation sites is 1. The lowest BCUT2D eigenvalue weighted by Crippen LogP contribution is -1.95. The lowest BCUT2D eigenvalue weighted by atomic mass is 9.95. The zero-order valence-electron chi connectivity index (χ0n) is 28.4. The van der Waals surface area contributed by atoms with Crippen molar-refractivity contribution >= 4 is 32.8 Å². The van der Waals surface area contributed by atoms with Crippen molar-refractivity contribution in [1.29, 1.82) is 0 Å². The normalized spacial score (nSPS) is 11.4. The topological polar surface area (TPSA) is 77.6 Å². The molecule has 5 aromatic heterocycles. The molecule has 0 fully saturated rings. The summed E-state index contributed by atoms with van der Waals surface area (Å²) >= 11 is 0. The van der Waals surface area contributed by atoms with E-state index in [2.05, 4.69) is 76.7 Å². The van der Waals surface area contributed by atoms with Gasteiger partial charge in [0.1, 0.15) is 11.3 Å². The Morgan fingerprint density at radius 2 is 1.06 bits per heavy atom. The van der Waals surface area contributed by atoms with Gasteiger partial charge < -0.3 is 4.42 Å². The molecule has 0 aliphatic carbocycles. The molecule has 0 N–H and O–H groups in total. The smallest absolute Gasteiger partial charge is 0.160 e. The first-order valence-electron chi connectivity index (χ1n) is 17.5. The molecule has 0 saturated carbocycles. The van der Waals surface area contributed by atoms with E-state index in [1.807, 2.05) is 91.1 Å². The molecule has 10 aromatic rings. The fourth-order valence-electron chi connectivity index (χ4n) is 7.15. The molecular formula is C47H29N5O. The summed E-state index contributed by atoms with van der Waals surface area (Å²) in [5, 5.41) is 2.89. The van der Waals surface area contributed by atoms with Crippen LogP contribution in [0.3, 0.4) is 0 Å². The van der Waals surface area contributed by atoms with Crippen LogP contribution in [-0.2, 0) is 0 Å². The molecule has 5 heterocycles. The van der Waals surface area contributed by atoms with E-state index in [1.165, 1.54) is 0 Å². The highest BCUT2D eigenvalue weighted by Gasteiger charge is 2.25. The van der Waals surface area contributed by atoms with E-state index in [-0.39, 0.29) is 0 Å². The molecule has 53 heavy (non-hydrogen) atoms. The van der Waals surface area contributed by atoms with E-state index in [0.717, 1.165) is 94.4 Å². The Morgan fingerprint density at radius 1 is 0.396 bits per heavy atom. The SMILES string of the molecule is c1ccc(-c2nc(-c3ccc(-c4ccc5nc(-c6ccccc6)c6c(-c7cccnc7)c(-c7ccncc7)oc6c5c4)cc3)c3ccccc3n2)cc1. The van der Waals surface area contributed by atoms with Crippen molar-refractivity contribution in [3.8, 4) is 67.5 Å². The van der Waals surface area contributed by atoms with Gasteiger partial charge in [-0.15, -0.1) is 0 Å². The highest BCUT2D eigenvalue weighted by molar-refractivity contribution is 6.17. The summed E-state index contributed by atoms with van der Waals surface area (Å²) in [6, 6.07) is 51.6. The minimum Gasteiger partial charge on any atom is -0.455 e. The number of furan rings is 1. The summed E-state index contributed by atoms with van der Waals surface area (Å²) < 4.78 is 6.96. The zero-order chi connectivity index (χ0) is 35.1. The van der Waals surface area contributed by atoms with Crippen molar-refractivity contribution in [2.24, 2.45) is 0 Å². The Labute approximate surface area is 305 Å². The van der Waals surface area contributed by atoms with Gasteiger partial charge in [-0.2, -0.15) is 0 Å². The molecule has 0 unspecified atom stereocenters. The highest BCUT2D eigenvalue weighted by atomic mass is 16.3. The monoisotopic (exact) mass is 679 g/mol. The van der Waals surface area contributed by atoms with Crippen molar-refractivity contribution in [3.05, 3.63) is 176 Å². The van der Waals surface area contributed by atoms with Gasteiger partial charge in [-0.3, -0.25) is 9.97 Å². The molecule has 0 saturated heterocycles. The van der Waals surface area contributed by atoms with Gasteiger partial charge >= 0.3 is 0 Å². The first kappa shape index (κ1) is 30.5. The van der Waals surface area contributed by atoms with Crippen LogP contribution in [0.5, 0.6) is 0 Å². The van der Waals surface area contributed by atoms with Crippen molar-refractivity contribution in [1.82, 2.24) is 24.9 Å². The molecule has 6 heteroatoms. The summed E-state index contributed by atoms with van der Waals surface area (Å²) in [6.07, 6.45) is 7.25. The molecule has 0 atom stereocenters. The Hall–Kier alpha value is -7.31. The standard InChI is InChI=1S/C47H29N5O/c1-3-10-31(11-4-1)44-42-41(36-14-9-25-49-29-36)45(33-23-26-48-27-24-33)53-46(42)38-28-35(21-22-40(38)50-44)30-17-19-32(20-18-30)43-37-15-7-8-16-39(37)51-47(52-43)34-12-5-2-6-13-34/h1-29H. The van der Waals surface area contributed by atoms with Crippen LogP contribution >= 0.6 is 0 Å². The number of benzene rings is 5. The van der Waals surface area contributed by atoms with E-state index >= 15 is 0 Å². The van der Waals surface area contributed by atoms with Crippen LogP contribution in [0.25, 0.3) is 100 Å². The number of aromatic nitrogens is 5. The van der Waals surface area contributed by atoms with Crippen LogP contribution < -0.4 is 0 Å². The van der Waals surface area contributed by atoms with Gasteiger partial charge in [-0.1, -0.05) is 115 Å². The van der Waals surface area contributed by atoms with E-state index in [0.29, 0.717) is 5.82 Å². The van der Waals surface area contributed by atoms with Gasteiger partial charge in [0.2, 0.25) is 0 Å². The van der Waals surface area contributed by atoms with Crippen molar-refractivity contribution in [2.75, 3.05) is 0 Å². The zero-order valence-corrected chi connectivity index (χ0v) is 28.4. The average molecular weight is 680 g/mol. The second kappa shape index (κ2) is 12.8. The molecule has 5 aromatic carbocycles. The maximum atomic E-state index is 6.96. The largest absolute Gasteiger partial charge is 0.455 e. The summed E-state index contributed by atoms with van der Waals surface area (Å²) in [5.74, 6) is 1.46. The second-order valence-electron chi connectivity index (χ2n) is 12.9. The van der Waals surface area contributed by atoms with Crippen molar-refractivity contribution in [3.63, 3.8) is 0 Å². The van der Waals surface area contributed by atoms with Gasteiger partial charge in [0, 0.05) is 68.9 Å². The van der Waals surface area contributed by atoms with Crippen LogP contribution in [-0.4, -0.2) is 24.9 Å². The number of pyridine rings is 3. The van der Waals surface area contributed by atoms with E-state index in [9.17, 15) is 0 Å². The molecular weight excluding hydrogens is 651 g/mol. The summed E-state index contributed by atoms with van der Waals surface area (Å²) in [7, 11) is 0. The van der Waals surface area contributed by atoms with Gasteiger partial charge in [0.05, 0.1) is 27.8 Å². The second-order valence-corrected chi connectivity index (χ2v) is 12.9. The number of hydrogen-bond donors (Lipinski definition) is 0. The highest BCUT2D eigenvalue weighted by Crippen LogP contribution is 2.47. The third-order valence-corrected chi connectivity index (χ3v) is 9.69. The van der Waals surface area contributed by atoms with Crippen molar-refractivity contribution in [2.45, 2.75) is 0 Å². The van der Waals surface area contributed by atoms with Gasteiger partial charge in [-0.25, -0.2) is 15.0 Å². The molecule has 10 rings (SSSR count). The minimum atomic E-state index is 0.708. The number of fused-ring (bicyclic) bond motifs is 4. The Bertz CT molecular complexity index is 2910. The van der Waals surface area contributed by atoms with Gasteiger partial charge in [0.15, 0.2) is 5.82 Å². The lowest BCUT2D eigenvalue weighted by Gasteiger charge is -2.11. The van der Waals surface area contributed by atoms with Gasteiger partial charge in [-0.05, 0) is 47.5 Å². The molecule has 0 spiro atoms. The van der Waals surface area contributed by atoms with Crippen LogP contribution in [0.2, 0.25) is 0 Å². The third kappa shape index (κ3) is 5.41. The maximum Gasteiger partial charge on any atom is 0.160 e. The predicted molar refractivity (Wildman–Crippen MR) is 213 cm³/mol. The van der Waals surface area contributed by atoms with E-state index in [4.69, 9.17) is 19.4 Å². The van der Waals surface area contributed by atoms with Crippen LogP contribution in [0.1, 0.15) is 0 Å². The fourth-order valence-corrected chi connectivity index (χ4v) is 7.15. The summed E-state index contributed by atoms with van der Waals surface area (Å²) in [6.45, 7) is 0. The quantitative estimate of drug-likeness (QED) is 0.174. The van der Waals surface area contributed by atoms with E-state index in [1.54, 1.807) is 18.6 Å². The van der Waals surface area contributed by atoms with Crippen molar-refractivity contribution < 1.29 is 4.42 Å². The van der Waals surface area contributed by atoms with Crippen LogP contribution in [0.4, 0.5) is 0 Å². The van der Waals surface area contributed by atoms with Crippen LogP contribution in [0, 0.1) is 0 Å². The number of nitrogens with zero attached hydrogens (tertiary/aromatic N) is 5. The molecule has 0 amide bonds. The number of rotatable bonds is 6. The molecule has 0 radical (unpaired) electrons.